The predicted molar refractivity (Wildman–Crippen MR) is 87.4 cm³/mol. The second kappa shape index (κ2) is 5.52. The first-order valence-corrected chi connectivity index (χ1v) is 8.08. The molecule has 2 aliphatic rings. The molecule has 0 bridgehead atoms. The van der Waals surface area contributed by atoms with Crippen LogP contribution in [0.15, 0.2) is 17.4 Å². The summed E-state index contributed by atoms with van der Waals surface area (Å²) in [7, 11) is 2.18. The minimum Gasteiger partial charge on any atom is -0.344 e. The highest BCUT2D eigenvalue weighted by Crippen LogP contribution is 2.30. The van der Waals surface area contributed by atoms with E-state index in [0.29, 0.717) is 11.2 Å². The van der Waals surface area contributed by atoms with Crippen molar-refractivity contribution in [2.24, 2.45) is 5.10 Å². The molecule has 4 heterocycles. The standard InChI is InChI=1S/C15H19ClN6/c1-21-4-2-11(3-5-21)22-9-10(7-18-22)13-8-17-15-12(13)6-14(16)19-20-15/h6-8,10-11H,2-5,9H2,1H3,(H,17,20). The molecule has 1 atom stereocenters. The van der Waals surface area contributed by atoms with Crippen LogP contribution < -0.4 is 0 Å². The lowest BCUT2D eigenvalue weighted by atomic mass is 9.99. The molecule has 0 radical (unpaired) electrons. The van der Waals surface area contributed by atoms with E-state index in [4.69, 9.17) is 11.6 Å². The third-order valence-electron chi connectivity index (χ3n) is 4.73. The molecule has 2 aliphatic heterocycles. The van der Waals surface area contributed by atoms with Crippen LogP contribution in [-0.2, 0) is 0 Å². The summed E-state index contributed by atoms with van der Waals surface area (Å²) in [4.78, 5) is 5.56. The topological polar surface area (TPSA) is 60.4 Å². The van der Waals surface area contributed by atoms with Crippen LogP contribution in [0.25, 0.3) is 11.0 Å². The molecule has 0 spiro atoms. The second-order valence-electron chi connectivity index (χ2n) is 6.20. The van der Waals surface area contributed by atoms with E-state index in [2.05, 4.69) is 43.5 Å². The molecule has 1 unspecified atom stereocenters. The van der Waals surface area contributed by atoms with Gasteiger partial charge in [-0.2, -0.15) is 5.10 Å². The number of piperidine rings is 1. The molecule has 1 N–H and O–H groups in total. The fourth-order valence-corrected chi connectivity index (χ4v) is 3.55. The molecule has 7 heteroatoms. The van der Waals surface area contributed by atoms with Crippen molar-refractivity contribution >= 4 is 28.8 Å². The smallest absolute Gasteiger partial charge is 0.160 e. The van der Waals surface area contributed by atoms with E-state index in [1.807, 2.05) is 12.3 Å². The van der Waals surface area contributed by atoms with Crippen molar-refractivity contribution in [1.82, 2.24) is 25.1 Å². The van der Waals surface area contributed by atoms with Crippen molar-refractivity contribution in [2.45, 2.75) is 24.8 Å². The molecular weight excluding hydrogens is 300 g/mol. The number of H-pyrrole nitrogens is 1. The monoisotopic (exact) mass is 318 g/mol. The summed E-state index contributed by atoms with van der Waals surface area (Å²) in [5.41, 5.74) is 1.98. The molecule has 0 aliphatic carbocycles. The summed E-state index contributed by atoms with van der Waals surface area (Å²) >= 11 is 5.98. The van der Waals surface area contributed by atoms with E-state index in [1.54, 1.807) is 0 Å². The van der Waals surface area contributed by atoms with Crippen LogP contribution in [0.4, 0.5) is 0 Å². The molecule has 6 nitrogen and oxygen atoms in total. The highest BCUT2D eigenvalue weighted by atomic mass is 35.5. The van der Waals surface area contributed by atoms with Gasteiger partial charge in [-0.25, -0.2) is 0 Å². The number of hydrogen-bond donors (Lipinski definition) is 1. The molecule has 22 heavy (non-hydrogen) atoms. The number of nitrogens with one attached hydrogen (secondary N) is 1. The molecule has 1 saturated heterocycles. The molecular formula is C15H19ClN6. The number of nitrogens with zero attached hydrogens (tertiary/aromatic N) is 5. The van der Waals surface area contributed by atoms with Crippen LogP contribution in [0, 0.1) is 0 Å². The largest absolute Gasteiger partial charge is 0.344 e. The number of fused-ring (bicyclic) bond motifs is 1. The predicted octanol–water partition coefficient (Wildman–Crippen LogP) is 2.09. The van der Waals surface area contributed by atoms with Crippen molar-refractivity contribution < 1.29 is 0 Å². The van der Waals surface area contributed by atoms with Crippen LogP contribution in [0.5, 0.6) is 0 Å². The number of aromatic nitrogens is 3. The third kappa shape index (κ3) is 2.46. The normalized spacial score (nSPS) is 23.7. The van der Waals surface area contributed by atoms with Gasteiger partial charge in [-0.15, -0.1) is 10.2 Å². The summed E-state index contributed by atoms with van der Waals surface area (Å²) in [6.07, 6.45) is 6.43. The van der Waals surface area contributed by atoms with Crippen molar-refractivity contribution in [3.05, 3.63) is 23.0 Å². The summed E-state index contributed by atoms with van der Waals surface area (Å²) in [5.74, 6) is 0.286. The van der Waals surface area contributed by atoms with Gasteiger partial charge in [-0.3, -0.25) is 5.01 Å². The molecule has 0 aromatic carbocycles. The van der Waals surface area contributed by atoms with Crippen LogP contribution in [0.3, 0.4) is 0 Å². The van der Waals surface area contributed by atoms with E-state index < -0.39 is 0 Å². The van der Waals surface area contributed by atoms with E-state index in [9.17, 15) is 0 Å². The van der Waals surface area contributed by atoms with Crippen molar-refractivity contribution in [3.63, 3.8) is 0 Å². The number of hydrogen-bond acceptors (Lipinski definition) is 5. The quantitative estimate of drug-likeness (QED) is 0.921. The Morgan fingerprint density at radius 3 is 2.91 bits per heavy atom. The maximum Gasteiger partial charge on any atom is 0.160 e. The molecule has 2 aromatic heterocycles. The van der Waals surface area contributed by atoms with Gasteiger partial charge in [0.2, 0.25) is 0 Å². The number of likely N-dealkylation sites (tertiary alicyclic amines) is 1. The van der Waals surface area contributed by atoms with Gasteiger partial charge in [0, 0.05) is 36.3 Å². The Hall–Kier alpha value is -1.66. The summed E-state index contributed by atoms with van der Waals surface area (Å²) in [6, 6.07) is 2.44. The van der Waals surface area contributed by atoms with Gasteiger partial charge in [0.05, 0.1) is 0 Å². The highest BCUT2D eigenvalue weighted by molar-refractivity contribution is 6.29. The Morgan fingerprint density at radius 2 is 2.09 bits per heavy atom. The minimum absolute atomic E-state index is 0.286. The fourth-order valence-electron chi connectivity index (χ4n) is 3.40. The summed E-state index contributed by atoms with van der Waals surface area (Å²) in [6.45, 7) is 3.24. The highest BCUT2D eigenvalue weighted by Gasteiger charge is 2.29. The van der Waals surface area contributed by atoms with Crippen molar-refractivity contribution in [1.29, 1.82) is 0 Å². The number of aromatic amines is 1. The first kappa shape index (κ1) is 14.0. The Labute approximate surface area is 134 Å². The van der Waals surface area contributed by atoms with Crippen LogP contribution in [0.1, 0.15) is 24.3 Å². The van der Waals surface area contributed by atoms with E-state index in [0.717, 1.165) is 30.7 Å². The summed E-state index contributed by atoms with van der Waals surface area (Å²) < 4.78 is 0. The Bertz CT molecular complexity index is 703. The molecule has 116 valence electrons. The second-order valence-corrected chi connectivity index (χ2v) is 6.59. The zero-order chi connectivity index (χ0) is 15.1. The summed E-state index contributed by atoms with van der Waals surface area (Å²) in [5, 5.41) is 16.4. The fraction of sp³-hybridized carbons (Fsp3) is 0.533. The first-order valence-electron chi connectivity index (χ1n) is 7.70. The van der Waals surface area contributed by atoms with Crippen molar-refractivity contribution in [3.8, 4) is 0 Å². The number of hydrazone groups is 1. The molecule has 2 aromatic rings. The van der Waals surface area contributed by atoms with Gasteiger partial charge >= 0.3 is 0 Å². The number of halogens is 1. The van der Waals surface area contributed by atoms with Crippen molar-refractivity contribution in [2.75, 3.05) is 26.7 Å². The Morgan fingerprint density at radius 1 is 1.27 bits per heavy atom. The molecule has 4 rings (SSSR count). The Balaban J connectivity index is 1.52. The average molecular weight is 319 g/mol. The molecule has 0 amide bonds. The third-order valence-corrected chi connectivity index (χ3v) is 4.91. The van der Waals surface area contributed by atoms with E-state index in [1.165, 1.54) is 18.4 Å². The SMILES string of the molecule is CN1CCC(N2CC(c3c[nH]c4nnc(Cl)cc34)C=N2)CC1. The van der Waals surface area contributed by atoms with Gasteiger partial charge in [0.1, 0.15) is 0 Å². The maximum absolute atomic E-state index is 5.98. The lowest BCUT2D eigenvalue weighted by molar-refractivity contribution is 0.133. The zero-order valence-corrected chi connectivity index (χ0v) is 13.3. The first-order chi connectivity index (χ1) is 10.7. The molecule has 1 fully saturated rings. The molecule has 0 saturated carbocycles. The van der Waals surface area contributed by atoms with Crippen LogP contribution in [-0.4, -0.2) is 64.0 Å². The van der Waals surface area contributed by atoms with Gasteiger partial charge in [-0.05, 0) is 44.6 Å². The van der Waals surface area contributed by atoms with Crippen LogP contribution >= 0.6 is 11.6 Å². The Kier molecular flexibility index (Phi) is 3.50. The van der Waals surface area contributed by atoms with Gasteiger partial charge in [-0.1, -0.05) is 11.6 Å². The zero-order valence-electron chi connectivity index (χ0n) is 12.5. The van der Waals surface area contributed by atoms with E-state index in [-0.39, 0.29) is 5.92 Å². The average Bonchev–Trinajstić information content (AvgIpc) is 3.14. The minimum atomic E-state index is 0.286. The lowest BCUT2D eigenvalue weighted by Gasteiger charge is -2.34. The lowest BCUT2D eigenvalue weighted by Crippen LogP contribution is -2.41. The van der Waals surface area contributed by atoms with Gasteiger partial charge in [0.15, 0.2) is 10.8 Å². The maximum atomic E-state index is 5.98. The van der Waals surface area contributed by atoms with Gasteiger partial charge in [0.25, 0.3) is 0 Å². The van der Waals surface area contributed by atoms with Gasteiger partial charge < -0.3 is 9.88 Å². The number of rotatable bonds is 2. The van der Waals surface area contributed by atoms with Crippen LogP contribution in [0.2, 0.25) is 5.15 Å². The van der Waals surface area contributed by atoms with E-state index >= 15 is 0 Å².